The van der Waals surface area contributed by atoms with Gasteiger partial charge in [0.15, 0.2) is 0 Å². The molecular formula is C9H9BrO2. The van der Waals surface area contributed by atoms with Crippen LogP contribution in [0.4, 0.5) is 0 Å². The number of hydrogen-bond donors (Lipinski definition) is 2. The first-order valence-corrected chi connectivity index (χ1v) is 4.29. The van der Waals surface area contributed by atoms with Gasteiger partial charge in [-0.3, -0.25) is 0 Å². The van der Waals surface area contributed by atoms with Gasteiger partial charge < -0.3 is 10.2 Å². The Bertz CT molecular complexity index is 295. The monoisotopic (exact) mass is 228 g/mol. The molecule has 0 saturated carbocycles. The zero-order valence-corrected chi connectivity index (χ0v) is 7.95. The van der Waals surface area contributed by atoms with Crippen LogP contribution in [-0.2, 0) is 0 Å². The fraction of sp³-hybridized carbons (Fsp3) is 0.111. The van der Waals surface area contributed by atoms with Gasteiger partial charge in [-0.25, -0.2) is 0 Å². The van der Waals surface area contributed by atoms with Crippen molar-refractivity contribution in [2.75, 3.05) is 6.61 Å². The van der Waals surface area contributed by atoms with Crippen molar-refractivity contribution in [3.05, 3.63) is 34.3 Å². The highest BCUT2D eigenvalue weighted by molar-refractivity contribution is 9.10. The fourth-order valence-corrected chi connectivity index (χ4v) is 1.19. The first kappa shape index (κ1) is 9.29. The van der Waals surface area contributed by atoms with Crippen LogP contribution in [0.25, 0.3) is 6.08 Å². The topological polar surface area (TPSA) is 40.5 Å². The lowest BCUT2D eigenvalue weighted by atomic mass is 10.2. The molecule has 0 saturated heterocycles. The molecule has 2 N–H and O–H groups in total. The normalized spacial score (nSPS) is 10.8. The molecule has 0 heterocycles. The van der Waals surface area contributed by atoms with Crippen molar-refractivity contribution in [1.82, 2.24) is 0 Å². The van der Waals surface area contributed by atoms with Crippen LogP contribution >= 0.6 is 15.9 Å². The summed E-state index contributed by atoms with van der Waals surface area (Å²) < 4.78 is 0.834. The van der Waals surface area contributed by atoms with Crippen molar-refractivity contribution in [2.45, 2.75) is 0 Å². The second-order valence-corrected chi connectivity index (χ2v) is 3.20. The van der Waals surface area contributed by atoms with Crippen molar-refractivity contribution in [3.8, 4) is 5.75 Å². The minimum absolute atomic E-state index is 0.0183. The van der Waals surface area contributed by atoms with Crippen molar-refractivity contribution >= 4 is 22.0 Å². The van der Waals surface area contributed by atoms with Crippen LogP contribution < -0.4 is 0 Å². The van der Waals surface area contributed by atoms with Gasteiger partial charge in [0.2, 0.25) is 0 Å². The largest absolute Gasteiger partial charge is 0.507 e. The summed E-state index contributed by atoms with van der Waals surface area (Å²) in [4.78, 5) is 0. The Morgan fingerprint density at radius 3 is 2.75 bits per heavy atom. The second kappa shape index (κ2) is 4.28. The Balaban J connectivity index is 2.94. The quantitative estimate of drug-likeness (QED) is 0.815. The van der Waals surface area contributed by atoms with Crippen molar-refractivity contribution in [2.24, 2.45) is 0 Å². The summed E-state index contributed by atoms with van der Waals surface area (Å²) in [5, 5.41) is 17.9. The molecule has 0 aromatic heterocycles. The van der Waals surface area contributed by atoms with E-state index in [1.54, 1.807) is 24.3 Å². The first-order chi connectivity index (χ1) is 5.74. The van der Waals surface area contributed by atoms with Gasteiger partial charge in [-0.1, -0.05) is 34.1 Å². The van der Waals surface area contributed by atoms with Crippen LogP contribution in [0, 0.1) is 0 Å². The summed E-state index contributed by atoms with van der Waals surface area (Å²) in [7, 11) is 0. The van der Waals surface area contributed by atoms with E-state index in [0.717, 1.165) is 4.47 Å². The number of aliphatic hydroxyl groups is 1. The van der Waals surface area contributed by atoms with Gasteiger partial charge in [0.25, 0.3) is 0 Å². The molecule has 1 aromatic rings. The third-order valence-corrected chi connectivity index (χ3v) is 1.89. The van der Waals surface area contributed by atoms with Crippen LogP contribution in [0.3, 0.4) is 0 Å². The Labute approximate surface area is 79.3 Å². The maximum Gasteiger partial charge on any atom is 0.123 e. The van der Waals surface area contributed by atoms with Crippen LogP contribution in [0.5, 0.6) is 5.75 Å². The van der Waals surface area contributed by atoms with Gasteiger partial charge in [0, 0.05) is 10.0 Å². The molecule has 1 rings (SSSR count). The highest BCUT2D eigenvalue weighted by Crippen LogP contribution is 2.22. The second-order valence-electron chi connectivity index (χ2n) is 2.29. The van der Waals surface area contributed by atoms with Gasteiger partial charge in [0.1, 0.15) is 5.75 Å². The molecule has 0 unspecified atom stereocenters. The van der Waals surface area contributed by atoms with Crippen LogP contribution in [0.1, 0.15) is 5.56 Å². The minimum atomic E-state index is -0.0183. The molecular weight excluding hydrogens is 220 g/mol. The van der Waals surface area contributed by atoms with E-state index in [0.29, 0.717) is 5.56 Å². The summed E-state index contributed by atoms with van der Waals surface area (Å²) in [5.41, 5.74) is 0.701. The fourth-order valence-electron chi connectivity index (χ4n) is 0.837. The molecule has 0 aliphatic carbocycles. The van der Waals surface area contributed by atoms with Crippen LogP contribution in [-0.4, -0.2) is 16.8 Å². The van der Waals surface area contributed by atoms with Crippen LogP contribution in [0.15, 0.2) is 28.7 Å². The Hall–Kier alpha value is -0.800. The summed E-state index contributed by atoms with van der Waals surface area (Å²) in [5.74, 6) is 0.203. The highest BCUT2D eigenvalue weighted by atomic mass is 79.9. The Kier molecular flexibility index (Phi) is 3.31. The minimum Gasteiger partial charge on any atom is -0.507 e. The number of aliphatic hydroxyl groups excluding tert-OH is 1. The van der Waals surface area contributed by atoms with Gasteiger partial charge in [0.05, 0.1) is 6.61 Å². The molecule has 0 fully saturated rings. The van der Waals surface area contributed by atoms with Gasteiger partial charge in [-0.15, -0.1) is 0 Å². The number of halogens is 1. The molecule has 0 aliphatic rings. The number of aromatic hydroxyl groups is 1. The molecule has 1 aromatic carbocycles. The standard InChI is InChI=1S/C9H9BrO2/c10-8-4-3-7(2-1-5-11)9(12)6-8/h1-4,6,11-12H,5H2/b2-1+. The third-order valence-electron chi connectivity index (χ3n) is 1.40. The van der Waals surface area contributed by atoms with E-state index in [9.17, 15) is 5.11 Å². The molecule has 0 bridgehead atoms. The summed E-state index contributed by atoms with van der Waals surface area (Å²) in [6.07, 6.45) is 3.24. The third kappa shape index (κ3) is 2.36. The predicted octanol–water partition coefficient (Wildman–Crippen LogP) is 2.16. The van der Waals surface area contributed by atoms with E-state index in [1.807, 2.05) is 6.07 Å². The van der Waals surface area contributed by atoms with E-state index >= 15 is 0 Å². The van der Waals surface area contributed by atoms with E-state index in [4.69, 9.17) is 5.11 Å². The van der Waals surface area contributed by atoms with Crippen molar-refractivity contribution in [3.63, 3.8) is 0 Å². The summed E-state index contributed by atoms with van der Waals surface area (Å²) >= 11 is 3.23. The molecule has 64 valence electrons. The Morgan fingerprint density at radius 1 is 1.42 bits per heavy atom. The average Bonchev–Trinajstić information content (AvgIpc) is 2.03. The van der Waals surface area contributed by atoms with E-state index < -0.39 is 0 Å². The van der Waals surface area contributed by atoms with E-state index in [-0.39, 0.29) is 12.4 Å². The smallest absolute Gasteiger partial charge is 0.123 e. The molecule has 0 aliphatic heterocycles. The molecule has 2 nitrogen and oxygen atoms in total. The number of phenols is 1. The number of benzene rings is 1. The van der Waals surface area contributed by atoms with Crippen LogP contribution in [0.2, 0.25) is 0 Å². The number of rotatable bonds is 2. The summed E-state index contributed by atoms with van der Waals surface area (Å²) in [6.45, 7) is -0.0183. The lowest BCUT2D eigenvalue weighted by Gasteiger charge is -1.98. The molecule has 0 radical (unpaired) electrons. The van der Waals surface area contributed by atoms with E-state index in [2.05, 4.69) is 15.9 Å². The molecule has 12 heavy (non-hydrogen) atoms. The van der Waals surface area contributed by atoms with Crippen molar-refractivity contribution < 1.29 is 10.2 Å². The number of phenolic OH excluding ortho intramolecular Hbond substituents is 1. The predicted molar refractivity (Wildman–Crippen MR) is 51.9 cm³/mol. The van der Waals surface area contributed by atoms with Crippen molar-refractivity contribution in [1.29, 1.82) is 0 Å². The summed E-state index contributed by atoms with van der Waals surface area (Å²) in [6, 6.07) is 5.21. The zero-order valence-electron chi connectivity index (χ0n) is 6.37. The van der Waals surface area contributed by atoms with Gasteiger partial charge in [-0.05, 0) is 12.1 Å². The first-order valence-electron chi connectivity index (χ1n) is 3.50. The lowest BCUT2D eigenvalue weighted by molar-refractivity contribution is 0.343. The average molecular weight is 229 g/mol. The van der Waals surface area contributed by atoms with Gasteiger partial charge >= 0.3 is 0 Å². The zero-order chi connectivity index (χ0) is 8.97. The molecule has 0 amide bonds. The lowest BCUT2D eigenvalue weighted by Crippen LogP contribution is -1.76. The van der Waals surface area contributed by atoms with E-state index in [1.165, 1.54) is 0 Å². The molecule has 3 heteroatoms. The maximum absolute atomic E-state index is 9.36. The number of hydrogen-bond acceptors (Lipinski definition) is 2. The maximum atomic E-state index is 9.36. The van der Waals surface area contributed by atoms with Gasteiger partial charge in [-0.2, -0.15) is 0 Å². The molecule has 0 atom stereocenters. The SMILES string of the molecule is OC/C=C/c1ccc(Br)cc1O. The Morgan fingerprint density at radius 2 is 2.17 bits per heavy atom. The highest BCUT2D eigenvalue weighted by Gasteiger charge is 1.96. The molecule has 0 spiro atoms.